The summed E-state index contributed by atoms with van der Waals surface area (Å²) in [5.74, 6) is -0.896. The highest BCUT2D eigenvalue weighted by atomic mass is 16.4. The number of hydrogen-bond acceptors (Lipinski definition) is 4. The van der Waals surface area contributed by atoms with E-state index < -0.39 is 17.4 Å². The van der Waals surface area contributed by atoms with Crippen LogP contribution in [0, 0.1) is 17.3 Å². The Kier molecular flexibility index (Phi) is 38.2. The quantitative estimate of drug-likeness (QED) is 0.0453. The van der Waals surface area contributed by atoms with Crippen molar-refractivity contribution in [2.45, 2.75) is 405 Å². The molecular formula is C68H132N2O4. The normalized spacial score (nSPS) is 17.8. The van der Waals surface area contributed by atoms with Crippen molar-refractivity contribution in [1.29, 1.82) is 0 Å². The summed E-state index contributed by atoms with van der Waals surface area (Å²) in [6.07, 6.45) is 59.5. The number of carbonyl (C=O) groups is 2. The van der Waals surface area contributed by atoms with Crippen LogP contribution in [0.15, 0.2) is 0 Å². The van der Waals surface area contributed by atoms with Gasteiger partial charge in [-0.3, -0.25) is 9.59 Å². The minimum Gasteiger partial charge on any atom is -0.481 e. The Labute approximate surface area is 462 Å². The fraction of sp³-hybridized carbons (Fsp3) is 0.971. The number of aliphatic carboxylic acids is 2. The van der Waals surface area contributed by atoms with Gasteiger partial charge in [-0.1, -0.05) is 287 Å². The summed E-state index contributed by atoms with van der Waals surface area (Å²) in [7, 11) is 0. The Bertz CT molecular complexity index is 1160. The van der Waals surface area contributed by atoms with Crippen molar-refractivity contribution < 1.29 is 19.8 Å². The first kappa shape index (κ1) is 69.0. The summed E-state index contributed by atoms with van der Waals surface area (Å²) in [6, 6.07) is 0. The van der Waals surface area contributed by atoms with E-state index in [0.29, 0.717) is 0 Å². The molecule has 0 amide bonds. The van der Waals surface area contributed by atoms with Crippen LogP contribution in [0.4, 0.5) is 0 Å². The molecule has 2 heterocycles. The molecule has 0 aliphatic carbocycles. The molecular weight excluding hydrogens is 909 g/mol. The molecule has 6 heteroatoms. The molecule has 2 saturated heterocycles. The van der Waals surface area contributed by atoms with Crippen molar-refractivity contribution >= 4 is 11.9 Å². The molecule has 2 fully saturated rings. The van der Waals surface area contributed by atoms with Crippen LogP contribution < -0.4 is 10.6 Å². The van der Waals surface area contributed by atoms with Crippen LogP contribution in [-0.4, -0.2) is 44.3 Å². The summed E-state index contributed by atoms with van der Waals surface area (Å²) in [6.45, 7) is 18.8. The number of piperidine rings is 2. The highest BCUT2D eigenvalue weighted by Crippen LogP contribution is 2.59. The molecule has 0 saturated carbocycles. The van der Waals surface area contributed by atoms with Gasteiger partial charge in [-0.2, -0.15) is 0 Å². The molecule has 4 N–H and O–H groups in total. The molecule has 0 spiro atoms. The first-order valence-electron chi connectivity index (χ1n) is 33.9. The number of rotatable bonds is 51. The fourth-order valence-corrected chi connectivity index (χ4v) is 15.4. The van der Waals surface area contributed by atoms with E-state index in [1.807, 2.05) is 0 Å². The summed E-state index contributed by atoms with van der Waals surface area (Å²) in [4.78, 5) is 27.4. The van der Waals surface area contributed by atoms with Gasteiger partial charge in [0.05, 0.1) is 5.41 Å². The molecule has 0 atom stereocenters. The molecule has 0 aromatic rings. The number of hydrogen-bond donors (Lipinski definition) is 4. The molecule has 0 unspecified atom stereocenters. The fourth-order valence-electron chi connectivity index (χ4n) is 15.4. The van der Waals surface area contributed by atoms with Crippen LogP contribution in [0.2, 0.25) is 0 Å². The van der Waals surface area contributed by atoms with Crippen molar-refractivity contribution in [3.63, 3.8) is 0 Å². The molecule has 0 bridgehead atoms. The Balaban J connectivity index is 3.15. The lowest BCUT2D eigenvalue weighted by atomic mass is 9.50. The number of nitrogens with one attached hydrogen (secondary N) is 2. The second-order valence-electron chi connectivity index (χ2n) is 26.1. The van der Waals surface area contributed by atoms with Gasteiger partial charge in [0.25, 0.3) is 0 Å². The van der Waals surface area contributed by atoms with E-state index in [9.17, 15) is 15.0 Å². The van der Waals surface area contributed by atoms with Crippen LogP contribution in [-0.2, 0) is 9.59 Å². The Morgan fingerprint density at radius 1 is 0.338 bits per heavy atom. The van der Waals surface area contributed by atoms with Gasteiger partial charge in [0, 0.05) is 28.6 Å². The van der Waals surface area contributed by atoms with E-state index in [1.54, 1.807) is 0 Å². The van der Waals surface area contributed by atoms with Crippen molar-refractivity contribution in [3.8, 4) is 0 Å². The predicted octanol–water partition coefficient (Wildman–Crippen LogP) is 21.6. The van der Waals surface area contributed by atoms with E-state index in [0.717, 1.165) is 64.2 Å². The lowest BCUT2D eigenvalue weighted by molar-refractivity contribution is -0.169. The molecule has 6 nitrogen and oxygen atoms in total. The molecule has 2 aliphatic rings. The molecule has 2 rings (SSSR count). The van der Waals surface area contributed by atoms with Gasteiger partial charge in [0.2, 0.25) is 0 Å². The maximum atomic E-state index is 15.8. The summed E-state index contributed by atoms with van der Waals surface area (Å²) in [5.41, 5.74) is -0.978. The molecule has 438 valence electrons. The van der Waals surface area contributed by atoms with Crippen molar-refractivity contribution in [2.24, 2.45) is 17.3 Å². The Hall–Kier alpha value is -1.14. The van der Waals surface area contributed by atoms with Crippen LogP contribution in [0.3, 0.4) is 0 Å². The van der Waals surface area contributed by atoms with E-state index in [2.05, 4.69) is 55.4 Å². The van der Waals surface area contributed by atoms with Gasteiger partial charge in [-0.05, 0) is 102 Å². The molecule has 2 aliphatic heterocycles. The van der Waals surface area contributed by atoms with Gasteiger partial charge >= 0.3 is 11.9 Å². The largest absolute Gasteiger partial charge is 0.481 e. The number of carboxylic acids is 2. The third-order valence-electron chi connectivity index (χ3n) is 19.5. The van der Waals surface area contributed by atoms with Crippen LogP contribution in [0.25, 0.3) is 0 Å². The van der Waals surface area contributed by atoms with E-state index in [4.69, 9.17) is 10.6 Å². The van der Waals surface area contributed by atoms with Gasteiger partial charge in [-0.15, -0.1) is 0 Å². The topological polar surface area (TPSA) is 98.7 Å². The second kappa shape index (κ2) is 41.0. The maximum absolute atomic E-state index is 15.8. The third kappa shape index (κ3) is 25.8. The first-order chi connectivity index (χ1) is 35.9. The van der Waals surface area contributed by atoms with E-state index in [-0.39, 0.29) is 40.4 Å². The lowest BCUT2D eigenvalue weighted by Gasteiger charge is -2.61. The minimum atomic E-state index is -0.808. The van der Waals surface area contributed by atoms with Crippen molar-refractivity contribution in [2.75, 3.05) is 0 Å². The minimum absolute atomic E-state index is 0.0425. The number of unbranched alkanes of at least 4 members (excludes halogenated alkanes) is 28. The summed E-state index contributed by atoms with van der Waals surface area (Å²) < 4.78 is 0. The van der Waals surface area contributed by atoms with Gasteiger partial charge in [0.1, 0.15) is 0 Å². The average molecular weight is 1040 g/mol. The summed E-state index contributed by atoms with van der Waals surface area (Å²) in [5, 5.41) is 32.0. The highest BCUT2D eigenvalue weighted by molar-refractivity contribution is 5.76. The van der Waals surface area contributed by atoms with Gasteiger partial charge in [-0.25, -0.2) is 0 Å². The lowest BCUT2D eigenvalue weighted by Crippen LogP contribution is -2.69. The Morgan fingerprint density at radius 3 is 0.770 bits per heavy atom. The van der Waals surface area contributed by atoms with Crippen LogP contribution in [0.5, 0.6) is 0 Å². The monoisotopic (exact) mass is 1040 g/mol. The maximum Gasteiger partial charge on any atom is 0.310 e. The van der Waals surface area contributed by atoms with E-state index in [1.165, 1.54) is 257 Å². The molecule has 0 aromatic heterocycles. The smallest absolute Gasteiger partial charge is 0.310 e. The molecule has 74 heavy (non-hydrogen) atoms. The van der Waals surface area contributed by atoms with E-state index >= 15 is 4.79 Å². The average Bonchev–Trinajstić information content (AvgIpc) is 3.38. The molecule has 0 aromatic carbocycles. The van der Waals surface area contributed by atoms with Crippen LogP contribution >= 0.6 is 0 Å². The van der Waals surface area contributed by atoms with Gasteiger partial charge < -0.3 is 20.8 Å². The molecule has 0 radical (unpaired) electrons. The summed E-state index contributed by atoms with van der Waals surface area (Å²) >= 11 is 0. The highest BCUT2D eigenvalue weighted by Gasteiger charge is 2.61. The van der Waals surface area contributed by atoms with Crippen molar-refractivity contribution in [1.82, 2.24) is 10.6 Å². The Morgan fingerprint density at radius 2 is 0.554 bits per heavy atom. The van der Waals surface area contributed by atoms with Crippen molar-refractivity contribution in [3.05, 3.63) is 0 Å². The third-order valence-corrected chi connectivity index (χ3v) is 19.5. The van der Waals surface area contributed by atoms with Gasteiger partial charge in [0.15, 0.2) is 0 Å². The second-order valence-corrected chi connectivity index (χ2v) is 26.1. The standard InChI is InChI=1S/C68H132N2O4/c1-9-17-25-37-47-64(48-38-26-18-10-2)56-60(57-65(69-64,49-39-27-19-11-3)50-40-28-20-12-4)68(63(73)74,55-45-35-33-34-36-46-62(71)72)61-58-66(51-41-29-21-13-5,52-42-30-22-14-6)70-67(59-61,53-43-31-23-15-7)54-44-32-24-16-8/h60-61,69-70H,9-59H2,1-8H3,(H,71,72)(H,73,74). The zero-order valence-electron chi connectivity index (χ0n) is 51.4. The predicted molar refractivity (Wildman–Crippen MR) is 323 cm³/mol. The van der Waals surface area contributed by atoms with Crippen LogP contribution in [0.1, 0.15) is 383 Å². The first-order valence-corrected chi connectivity index (χ1v) is 33.9. The number of carboxylic acid groups (broad SMARTS) is 2. The zero-order valence-corrected chi connectivity index (χ0v) is 51.4. The SMILES string of the molecule is CCCCCCC1(CCCCCC)CC(C(CCCCCCCC(=O)O)(C(=O)O)C2CC(CCCCCC)(CCCCCC)NC(CCCCCC)(CCCCCC)C2)CC(CCCCCC)(CCCCCC)N1. The zero-order chi connectivity index (χ0) is 54.3.